The van der Waals surface area contributed by atoms with E-state index in [1.54, 1.807) is 0 Å². The number of aromatic nitrogens is 1. The fourth-order valence-electron chi connectivity index (χ4n) is 4.49. The third kappa shape index (κ3) is 4.68. The van der Waals surface area contributed by atoms with Gasteiger partial charge in [-0.15, -0.1) is 10.2 Å². The molecule has 1 aromatic carbocycles. The summed E-state index contributed by atoms with van der Waals surface area (Å²) >= 11 is 0. The van der Waals surface area contributed by atoms with Crippen molar-refractivity contribution in [3.05, 3.63) is 35.5 Å². The Kier molecular flexibility index (Phi) is 6.20. The molecule has 3 heterocycles. The maximum absolute atomic E-state index is 9.41. The Morgan fingerprint density at radius 2 is 1.89 bits per heavy atom. The van der Waals surface area contributed by atoms with Gasteiger partial charge in [-0.05, 0) is 30.4 Å². The second kappa shape index (κ2) is 8.26. The average Bonchev–Trinajstić information content (AvgIpc) is 2.99. The molecule has 0 saturated heterocycles. The van der Waals surface area contributed by atoms with Gasteiger partial charge in [0.05, 0.1) is 0 Å². The smallest absolute Gasteiger partial charge is 0.200 e. The van der Waals surface area contributed by atoms with Crippen LogP contribution in [0.25, 0.3) is 10.9 Å². The van der Waals surface area contributed by atoms with Crippen molar-refractivity contribution in [2.75, 3.05) is 19.7 Å². The van der Waals surface area contributed by atoms with Crippen LogP contribution in [0.3, 0.4) is 0 Å². The van der Waals surface area contributed by atoms with Crippen molar-refractivity contribution >= 4 is 16.6 Å². The van der Waals surface area contributed by atoms with Gasteiger partial charge in [0.15, 0.2) is 5.71 Å². The van der Waals surface area contributed by atoms with E-state index in [4.69, 9.17) is 18.6 Å². The number of para-hydroxylation sites is 1. The molecule has 7 nitrogen and oxygen atoms in total. The highest BCUT2D eigenvalue weighted by molar-refractivity contribution is 6.03. The molecule has 27 heavy (non-hydrogen) atoms. The van der Waals surface area contributed by atoms with Crippen molar-refractivity contribution in [3.8, 4) is 0 Å². The molecule has 0 fully saturated rings. The summed E-state index contributed by atoms with van der Waals surface area (Å²) in [6.07, 6.45) is 4.41. The minimum Gasteiger partial charge on any atom is -0.396 e. The van der Waals surface area contributed by atoms with E-state index in [2.05, 4.69) is 40.7 Å². The summed E-state index contributed by atoms with van der Waals surface area (Å²) in [6.45, 7) is 4.91. The summed E-state index contributed by atoms with van der Waals surface area (Å²) in [5, 5.41) is 10.8. The van der Waals surface area contributed by atoms with Gasteiger partial charge >= 0.3 is 0 Å². The van der Waals surface area contributed by atoms with E-state index < -0.39 is 10.2 Å². The van der Waals surface area contributed by atoms with Crippen molar-refractivity contribution < 1.29 is 38.6 Å². The first-order valence-electron chi connectivity index (χ1n) is 9.25. The number of nitrogens with zero attached hydrogens (tertiary/aromatic N) is 1. The van der Waals surface area contributed by atoms with Gasteiger partial charge in [-0.2, -0.15) is 0 Å². The minimum atomic E-state index is -4.94. The lowest BCUT2D eigenvalue weighted by molar-refractivity contribution is -2.00. The van der Waals surface area contributed by atoms with Crippen LogP contribution in [-0.4, -0.2) is 40.1 Å². The third-order valence-electron chi connectivity index (χ3n) is 5.72. The van der Waals surface area contributed by atoms with Crippen molar-refractivity contribution in [2.45, 2.75) is 32.6 Å². The largest absolute Gasteiger partial charge is 0.396 e. The van der Waals surface area contributed by atoms with Gasteiger partial charge in [0.25, 0.3) is 0 Å². The van der Waals surface area contributed by atoms with E-state index in [1.165, 1.54) is 34.3 Å². The highest BCUT2D eigenvalue weighted by atomic mass is 35.7. The molecule has 2 aromatic rings. The molecule has 2 aliphatic rings. The predicted molar refractivity (Wildman–Crippen MR) is 89.7 cm³/mol. The first kappa shape index (κ1) is 20.3. The Morgan fingerprint density at radius 1 is 1.19 bits per heavy atom. The number of aliphatic hydroxyl groups is 1. The molecule has 8 heteroatoms. The number of nitrogens with one attached hydrogen (secondary N) is 1. The molecule has 0 spiro atoms. The van der Waals surface area contributed by atoms with E-state index in [-0.39, 0.29) is 0 Å². The van der Waals surface area contributed by atoms with Crippen molar-refractivity contribution in [1.82, 2.24) is 4.98 Å². The van der Waals surface area contributed by atoms with Gasteiger partial charge < -0.3 is 10.1 Å². The summed E-state index contributed by atoms with van der Waals surface area (Å²) in [7, 11) is -4.94. The van der Waals surface area contributed by atoms with Crippen LogP contribution in [0.2, 0.25) is 0 Å². The molecule has 4 rings (SSSR count). The van der Waals surface area contributed by atoms with E-state index in [0.29, 0.717) is 12.5 Å². The maximum atomic E-state index is 9.41. The number of aromatic amines is 1. The summed E-state index contributed by atoms with van der Waals surface area (Å²) in [4.78, 5) is 3.67. The summed E-state index contributed by atoms with van der Waals surface area (Å²) in [5.41, 5.74) is 5.61. The Balaban J connectivity index is 0.000000376. The molecule has 148 valence electrons. The van der Waals surface area contributed by atoms with Crippen LogP contribution in [0.4, 0.5) is 0 Å². The van der Waals surface area contributed by atoms with E-state index in [1.807, 2.05) is 0 Å². The molecule has 2 N–H and O–H groups in total. The lowest BCUT2D eigenvalue weighted by atomic mass is 9.79. The molecule has 0 amide bonds. The van der Waals surface area contributed by atoms with Crippen molar-refractivity contribution in [3.63, 3.8) is 0 Å². The predicted octanol–water partition coefficient (Wildman–Crippen LogP) is -1.80. The maximum Gasteiger partial charge on any atom is 0.200 e. The zero-order valence-corrected chi connectivity index (χ0v) is 16.1. The second-order valence-corrected chi connectivity index (χ2v) is 7.95. The number of benzene rings is 1. The zero-order valence-electron chi connectivity index (χ0n) is 15.3. The molecule has 0 bridgehead atoms. The summed E-state index contributed by atoms with van der Waals surface area (Å²) in [6, 6.07) is 8.66. The Hall–Kier alpha value is -1.48. The van der Waals surface area contributed by atoms with E-state index in [0.717, 1.165) is 38.3 Å². The van der Waals surface area contributed by atoms with Crippen LogP contribution in [-0.2, 0) is 6.42 Å². The van der Waals surface area contributed by atoms with Gasteiger partial charge in [0.2, 0.25) is 0 Å². The van der Waals surface area contributed by atoms with Crippen LogP contribution in [0, 0.1) is 22.1 Å². The quantitative estimate of drug-likeness (QED) is 0.591. The lowest BCUT2D eigenvalue weighted by Crippen LogP contribution is -2.68. The van der Waals surface area contributed by atoms with Crippen LogP contribution in [0.1, 0.15) is 37.4 Å². The molecule has 2 aliphatic heterocycles. The first-order valence-corrected chi connectivity index (χ1v) is 10.5. The highest BCUT2D eigenvalue weighted by Crippen LogP contribution is 2.34. The fourth-order valence-corrected chi connectivity index (χ4v) is 4.49. The molecule has 0 saturated carbocycles. The Bertz CT molecular complexity index is 821. The molecule has 0 aliphatic carbocycles. The number of aliphatic hydroxyl groups excluding tert-OH is 1. The second-order valence-electron chi connectivity index (χ2n) is 7.19. The van der Waals surface area contributed by atoms with Crippen LogP contribution in [0.15, 0.2) is 24.3 Å². The third-order valence-corrected chi connectivity index (χ3v) is 5.72. The first-order chi connectivity index (χ1) is 12.8. The minimum absolute atomic E-state index is 0.313. The molecular weight excluding hydrogens is 372 g/mol. The monoisotopic (exact) mass is 396 g/mol. The number of halogens is 1. The van der Waals surface area contributed by atoms with Gasteiger partial charge in [-0.1, -0.05) is 25.1 Å². The lowest BCUT2D eigenvalue weighted by Gasteiger charge is -2.31. The van der Waals surface area contributed by atoms with Crippen LogP contribution < -0.4 is 18.6 Å². The SMILES string of the molecule is CC[C@H]1C[N+]2=C(C[C@@H]1CCO)c1[nH]c3ccccc3c1CC2.[O-][Cl+3]([O-])([O-])[O-]. The van der Waals surface area contributed by atoms with E-state index >= 15 is 0 Å². The average molecular weight is 397 g/mol. The topological polar surface area (TPSA) is 131 Å². The normalized spacial score (nSPS) is 22.1. The molecule has 0 radical (unpaired) electrons. The molecular formula is C19H25ClN2O5. The van der Waals surface area contributed by atoms with Crippen LogP contribution >= 0.6 is 0 Å². The van der Waals surface area contributed by atoms with Gasteiger partial charge in [0.1, 0.15) is 18.8 Å². The molecule has 2 atom stereocenters. The summed E-state index contributed by atoms with van der Waals surface area (Å²) < 4.78 is 36.6. The van der Waals surface area contributed by atoms with Gasteiger partial charge in [-0.25, -0.2) is 23.2 Å². The summed E-state index contributed by atoms with van der Waals surface area (Å²) in [5.74, 6) is 1.35. The van der Waals surface area contributed by atoms with Crippen molar-refractivity contribution in [1.29, 1.82) is 0 Å². The zero-order chi connectivity index (χ0) is 19.6. The van der Waals surface area contributed by atoms with Crippen LogP contribution in [0.5, 0.6) is 0 Å². The number of hydrogen-bond donors (Lipinski definition) is 2. The number of rotatable bonds is 3. The Morgan fingerprint density at radius 3 is 2.56 bits per heavy atom. The van der Waals surface area contributed by atoms with E-state index in [9.17, 15) is 5.11 Å². The molecule has 1 aromatic heterocycles. The van der Waals surface area contributed by atoms with Gasteiger partial charge in [-0.3, -0.25) is 0 Å². The van der Waals surface area contributed by atoms with Gasteiger partial charge in [0, 0.05) is 36.3 Å². The highest BCUT2D eigenvalue weighted by Gasteiger charge is 2.38. The molecule has 0 unspecified atom stereocenters. The standard InChI is InChI=1S/C19H24N2O.ClHO4/c1-2-13-12-21-9-7-16-15-5-3-4-6-17(15)20-19(16)18(21)11-14(13)8-10-22;2-1(3,4)5/h3-6,13-14,22H,2,7-12H2,1H3;(H,2,3,4,5)/t13-,14-;/m0./s1. The Labute approximate surface area is 160 Å². The number of fused-ring (bicyclic) bond motifs is 4. The number of H-pyrrole nitrogens is 1. The van der Waals surface area contributed by atoms with Crippen molar-refractivity contribution in [2.24, 2.45) is 11.8 Å². The fraction of sp³-hybridized carbons (Fsp3) is 0.526. The number of hydrogen-bond acceptors (Lipinski definition) is 5.